The Labute approximate surface area is 339 Å². The smallest absolute Gasteiger partial charge is 0.159 e. The van der Waals surface area contributed by atoms with Crippen LogP contribution in [0.5, 0.6) is 0 Å². The van der Waals surface area contributed by atoms with Gasteiger partial charge < -0.3 is 13.6 Å². The van der Waals surface area contributed by atoms with Crippen molar-refractivity contribution in [2.24, 2.45) is 0 Å². The molecule has 3 heteroatoms. The minimum absolute atomic E-state index is 0.900. The maximum Gasteiger partial charge on any atom is 0.159 e. The number of para-hydroxylation sites is 3. The van der Waals surface area contributed by atoms with Gasteiger partial charge in [0.1, 0.15) is 5.58 Å². The topological polar surface area (TPSA) is 23.0 Å². The third kappa shape index (κ3) is 4.64. The molecule has 10 aromatic carbocycles. The van der Waals surface area contributed by atoms with Crippen molar-refractivity contribution in [2.45, 2.75) is 0 Å². The van der Waals surface area contributed by atoms with Crippen LogP contribution in [0.1, 0.15) is 0 Å². The summed E-state index contributed by atoms with van der Waals surface area (Å²) in [4.78, 5) is 0. The molecule has 3 heterocycles. The van der Waals surface area contributed by atoms with E-state index in [1.165, 1.54) is 82.1 Å². The molecule has 3 aromatic heterocycles. The number of nitrogens with zero attached hydrogens (tertiary/aromatic N) is 2. The average molecular weight is 751 g/mol. The Morgan fingerprint density at radius 3 is 1.76 bits per heavy atom. The Morgan fingerprint density at radius 1 is 0.305 bits per heavy atom. The number of hydrogen-bond acceptors (Lipinski definition) is 1. The van der Waals surface area contributed by atoms with Gasteiger partial charge in [0, 0.05) is 43.1 Å². The van der Waals surface area contributed by atoms with Gasteiger partial charge in [-0.05, 0) is 81.6 Å². The van der Waals surface area contributed by atoms with Crippen molar-refractivity contribution in [1.29, 1.82) is 0 Å². The predicted octanol–water partition coefficient (Wildman–Crippen LogP) is 15.4. The van der Waals surface area contributed by atoms with Gasteiger partial charge in [-0.2, -0.15) is 0 Å². The summed E-state index contributed by atoms with van der Waals surface area (Å²) in [6.45, 7) is 0. The van der Waals surface area contributed by atoms with E-state index in [1.807, 2.05) is 6.07 Å². The van der Waals surface area contributed by atoms with E-state index in [-0.39, 0.29) is 0 Å². The second-order valence-electron chi connectivity index (χ2n) is 15.6. The summed E-state index contributed by atoms with van der Waals surface area (Å²) < 4.78 is 11.4. The second-order valence-corrected chi connectivity index (χ2v) is 15.6. The first kappa shape index (κ1) is 32.2. The number of aromatic nitrogens is 2. The van der Waals surface area contributed by atoms with Crippen molar-refractivity contribution < 1.29 is 4.42 Å². The van der Waals surface area contributed by atoms with Crippen LogP contribution in [0, 0.1) is 0 Å². The fourth-order valence-electron chi connectivity index (χ4n) is 9.88. The fourth-order valence-corrected chi connectivity index (χ4v) is 9.88. The number of hydrogen-bond donors (Lipinski definition) is 0. The van der Waals surface area contributed by atoms with Gasteiger partial charge in [-0.15, -0.1) is 0 Å². The Kier molecular flexibility index (Phi) is 6.72. The molecule has 3 nitrogen and oxygen atoms in total. The summed E-state index contributed by atoms with van der Waals surface area (Å²) in [6.07, 6.45) is 0. The molecule has 0 saturated carbocycles. The van der Waals surface area contributed by atoms with Crippen LogP contribution in [0.4, 0.5) is 0 Å². The molecule has 0 unspecified atom stereocenters. The lowest BCUT2D eigenvalue weighted by molar-refractivity contribution is 0.666. The molecule has 274 valence electrons. The average Bonchev–Trinajstić information content (AvgIpc) is 3.96. The van der Waals surface area contributed by atoms with E-state index in [4.69, 9.17) is 4.42 Å². The van der Waals surface area contributed by atoms with Crippen LogP contribution in [0.15, 0.2) is 211 Å². The van der Waals surface area contributed by atoms with Gasteiger partial charge >= 0.3 is 0 Å². The highest BCUT2D eigenvalue weighted by Crippen LogP contribution is 2.43. The lowest BCUT2D eigenvalue weighted by atomic mass is 9.97. The van der Waals surface area contributed by atoms with Crippen LogP contribution in [0.3, 0.4) is 0 Å². The molecular formula is C56H34N2O. The van der Waals surface area contributed by atoms with E-state index in [0.29, 0.717) is 0 Å². The Bertz CT molecular complexity index is 3840. The van der Waals surface area contributed by atoms with Crippen LogP contribution in [0.2, 0.25) is 0 Å². The lowest BCUT2D eigenvalue weighted by Crippen LogP contribution is -1.97. The molecule has 0 spiro atoms. The van der Waals surface area contributed by atoms with Crippen LogP contribution in [-0.2, 0) is 0 Å². The normalized spacial score (nSPS) is 12.1. The summed E-state index contributed by atoms with van der Waals surface area (Å²) >= 11 is 0. The van der Waals surface area contributed by atoms with Crippen LogP contribution < -0.4 is 0 Å². The van der Waals surface area contributed by atoms with Gasteiger partial charge in [0.2, 0.25) is 0 Å². The highest BCUT2D eigenvalue weighted by Gasteiger charge is 2.21. The zero-order valence-electron chi connectivity index (χ0n) is 31.9. The first-order valence-electron chi connectivity index (χ1n) is 20.3. The highest BCUT2D eigenvalue weighted by atomic mass is 16.3. The second kappa shape index (κ2) is 12.3. The molecule has 0 aliphatic heterocycles. The standard InChI is InChI=1S/C56H34N2O/c1-2-13-35(14-3-1)39-29-32-50(42-18-7-6-17-41(39)42)58-52-31-27-38(34-48(52)45-28-25-36-15-4-5-16-40(36)55(45)58)37-26-30-51-47(33-37)43-19-8-10-22-49(43)57(51)53-23-12-21-46-44-20-9-11-24-54(44)59-56(46)53/h1-34H. The fraction of sp³-hybridized carbons (Fsp3) is 0. The summed E-state index contributed by atoms with van der Waals surface area (Å²) in [5.74, 6) is 0. The molecule has 0 fully saturated rings. The third-order valence-electron chi connectivity index (χ3n) is 12.5. The van der Waals surface area contributed by atoms with Gasteiger partial charge in [0.15, 0.2) is 5.58 Å². The van der Waals surface area contributed by atoms with Gasteiger partial charge in [0.25, 0.3) is 0 Å². The Balaban J connectivity index is 1.04. The molecule has 0 aliphatic carbocycles. The third-order valence-corrected chi connectivity index (χ3v) is 12.5. The van der Waals surface area contributed by atoms with E-state index in [2.05, 4.69) is 209 Å². The SMILES string of the molecule is c1ccc(-c2ccc(-n3c4ccc(-c5ccc6c(c5)c5ccccc5n6-c5cccc6c5oc5ccccc56)cc4c4ccc5ccccc5c43)c3ccccc23)cc1. The zero-order valence-corrected chi connectivity index (χ0v) is 31.9. The van der Waals surface area contributed by atoms with E-state index < -0.39 is 0 Å². The number of rotatable bonds is 4. The van der Waals surface area contributed by atoms with Crippen LogP contribution in [0.25, 0.3) is 121 Å². The molecule has 0 saturated heterocycles. The minimum atomic E-state index is 0.900. The summed E-state index contributed by atoms with van der Waals surface area (Å²) in [5.41, 5.74) is 13.6. The molecule has 0 aliphatic rings. The molecular weight excluding hydrogens is 717 g/mol. The van der Waals surface area contributed by atoms with E-state index in [0.717, 1.165) is 38.7 Å². The van der Waals surface area contributed by atoms with Crippen molar-refractivity contribution in [1.82, 2.24) is 9.13 Å². The molecule has 59 heavy (non-hydrogen) atoms. The largest absolute Gasteiger partial charge is 0.454 e. The summed E-state index contributed by atoms with van der Waals surface area (Å²) in [5, 5.41) is 12.1. The lowest BCUT2D eigenvalue weighted by Gasteiger charge is -2.16. The highest BCUT2D eigenvalue weighted by molar-refractivity contribution is 6.20. The van der Waals surface area contributed by atoms with Crippen molar-refractivity contribution >= 4 is 87.1 Å². The van der Waals surface area contributed by atoms with Crippen molar-refractivity contribution in [3.8, 4) is 33.6 Å². The Hall–Kier alpha value is -7.88. The van der Waals surface area contributed by atoms with Crippen molar-refractivity contribution in [3.05, 3.63) is 206 Å². The minimum Gasteiger partial charge on any atom is -0.454 e. The maximum atomic E-state index is 6.56. The molecule has 0 radical (unpaired) electrons. The van der Waals surface area contributed by atoms with Gasteiger partial charge in [0.05, 0.1) is 33.4 Å². The number of benzene rings is 10. The van der Waals surface area contributed by atoms with Crippen LogP contribution in [-0.4, -0.2) is 9.13 Å². The number of furan rings is 1. The molecule has 0 bridgehead atoms. The monoisotopic (exact) mass is 750 g/mol. The summed E-state index contributed by atoms with van der Waals surface area (Å²) in [7, 11) is 0. The van der Waals surface area contributed by atoms with E-state index >= 15 is 0 Å². The Morgan fingerprint density at radius 2 is 0.932 bits per heavy atom. The first-order chi connectivity index (χ1) is 29.3. The molecule has 13 rings (SSSR count). The van der Waals surface area contributed by atoms with Crippen LogP contribution >= 0.6 is 0 Å². The molecule has 0 amide bonds. The molecule has 13 aromatic rings. The van der Waals surface area contributed by atoms with Gasteiger partial charge in [-0.25, -0.2) is 0 Å². The quantitative estimate of drug-likeness (QED) is 0.176. The van der Waals surface area contributed by atoms with Gasteiger partial charge in [-0.1, -0.05) is 158 Å². The summed E-state index contributed by atoms with van der Waals surface area (Å²) in [6, 6.07) is 75.0. The molecule has 0 atom stereocenters. The van der Waals surface area contributed by atoms with E-state index in [9.17, 15) is 0 Å². The van der Waals surface area contributed by atoms with E-state index in [1.54, 1.807) is 0 Å². The molecule has 0 N–H and O–H groups in total. The maximum absolute atomic E-state index is 6.56. The van der Waals surface area contributed by atoms with Gasteiger partial charge in [-0.3, -0.25) is 0 Å². The van der Waals surface area contributed by atoms with Crippen molar-refractivity contribution in [3.63, 3.8) is 0 Å². The number of fused-ring (bicyclic) bond motifs is 12. The zero-order chi connectivity index (χ0) is 38.6. The predicted molar refractivity (Wildman–Crippen MR) is 248 cm³/mol. The first-order valence-corrected chi connectivity index (χ1v) is 20.3. The van der Waals surface area contributed by atoms with Crippen molar-refractivity contribution in [2.75, 3.05) is 0 Å².